The quantitative estimate of drug-likeness (QED) is 0.835. The van der Waals surface area contributed by atoms with E-state index in [2.05, 4.69) is 11.8 Å². The van der Waals surface area contributed by atoms with Crippen molar-refractivity contribution in [3.8, 4) is 17.6 Å². The average molecular weight is 248 g/mol. The van der Waals surface area contributed by atoms with Gasteiger partial charge in [-0.2, -0.15) is 0 Å². The van der Waals surface area contributed by atoms with Gasteiger partial charge in [0.25, 0.3) is 0 Å². The highest BCUT2D eigenvalue weighted by Crippen LogP contribution is 2.22. The second-order valence-electron chi connectivity index (χ2n) is 4.89. The van der Waals surface area contributed by atoms with Crippen molar-refractivity contribution < 1.29 is 14.6 Å². The van der Waals surface area contributed by atoms with E-state index in [4.69, 9.17) is 14.6 Å². The van der Waals surface area contributed by atoms with Crippen LogP contribution in [0.5, 0.6) is 5.75 Å². The van der Waals surface area contributed by atoms with Crippen molar-refractivity contribution in [1.29, 1.82) is 0 Å². The number of aliphatic hydroxyl groups is 1. The highest BCUT2D eigenvalue weighted by atomic mass is 16.5. The van der Waals surface area contributed by atoms with Crippen LogP contribution in [-0.4, -0.2) is 24.4 Å². The Morgan fingerprint density at radius 1 is 1.28 bits per heavy atom. The van der Waals surface area contributed by atoms with Crippen LogP contribution in [0.25, 0.3) is 0 Å². The first kappa shape index (κ1) is 14.6. The number of methoxy groups -OCH3 is 1. The van der Waals surface area contributed by atoms with Crippen LogP contribution in [0.2, 0.25) is 0 Å². The Morgan fingerprint density at radius 2 is 2.00 bits per heavy atom. The molecule has 0 fully saturated rings. The molecule has 1 rings (SSSR count). The monoisotopic (exact) mass is 248 g/mol. The van der Waals surface area contributed by atoms with E-state index in [0.717, 1.165) is 16.9 Å². The Kier molecular flexibility index (Phi) is 5.21. The van der Waals surface area contributed by atoms with Gasteiger partial charge in [0, 0.05) is 11.1 Å². The zero-order valence-electron chi connectivity index (χ0n) is 11.4. The molecule has 1 aromatic rings. The van der Waals surface area contributed by atoms with Gasteiger partial charge in [-0.15, -0.1) is 0 Å². The van der Waals surface area contributed by atoms with Gasteiger partial charge in [-0.3, -0.25) is 0 Å². The molecule has 0 radical (unpaired) electrons. The molecule has 0 saturated heterocycles. The van der Waals surface area contributed by atoms with E-state index >= 15 is 0 Å². The largest absolute Gasteiger partial charge is 0.496 e. The Morgan fingerprint density at radius 3 is 2.56 bits per heavy atom. The molecule has 0 aliphatic carbocycles. The molecule has 0 aliphatic rings. The van der Waals surface area contributed by atoms with Crippen molar-refractivity contribution in [3.05, 3.63) is 29.3 Å². The summed E-state index contributed by atoms with van der Waals surface area (Å²) in [6, 6.07) is 5.65. The minimum absolute atomic E-state index is 0.139. The zero-order valence-corrected chi connectivity index (χ0v) is 11.4. The maximum Gasteiger partial charge on any atom is 0.124 e. The van der Waals surface area contributed by atoms with Crippen LogP contribution >= 0.6 is 0 Å². The fraction of sp³-hybridized carbons (Fsp3) is 0.467. The van der Waals surface area contributed by atoms with Crippen LogP contribution in [0.3, 0.4) is 0 Å². The first-order chi connectivity index (χ1) is 8.46. The predicted molar refractivity (Wildman–Crippen MR) is 71.5 cm³/mol. The molecule has 18 heavy (non-hydrogen) atoms. The van der Waals surface area contributed by atoms with Crippen molar-refractivity contribution in [3.63, 3.8) is 0 Å². The highest BCUT2D eigenvalue weighted by molar-refractivity contribution is 5.44. The Labute approximate surface area is 109 Å². The van der Waals surface area contributed by atoms with Gasteiger partial charge in [0.1, 0.15) is 12.4 Å². The lowest BCUT2D eigenvalue weighted by molar-refractivity contribution is -0.0156. The second kappa shape index (κ2) is 6.44. The number of ether oxygens (including phenoxy) is 2. The van der Waals surface area contributed by atoms with E-state index in [0.29, 0.717) is 6.61 Å². The van der Waals surface area contributed by atoms with E-state index in [-0.39, 0.29) is 12.2 Å². The van der Waals surface area contributed by atoms with E-state index in [9.17, 15) is 0 Å². The number of hydrogen-bond acceptors (Lipinski definition) is 3. The minimum atomic E-state index is -0.197. The Bertz CT molecular complexity index is 447. The number of aliphatic hydroxyl groups excluding tert-OH is 1. The molecule has 0 atom stereocenters. The number of benzene rings is 1. The topological polar surface area (TPSA) is 38.7 Å². The van der Waals surface area contributed by atoms with Gasteiger partial charge >= 0.3 is 0 Å². The summed E-state index contributed by atoms with van der Waals surface area (Å²) < 4.78 is 11.0. The van der Waals surface area contributed by atoms with Crippen LogP contribution < -0.4 is 4.74 Å². The van der Waals surface area contributed by atoms with Gasteiger partial charge in [-0.1, -0.05) is 11.8 Å². The van der Waals surface area contributed by atoms with Gasteiger partial charge < -0.3 is 14.6 Å². The summed E-state index contributed by atoms with van der Waals surface area (Å²) in [4.78, 5) is 0. The molecule has 3 heteroatoms. The molecular formula is C15H20O3. The molecule has 3 nitrogen and oxygen atoms in total. The maximum atomic E-state index is 8.68. The molecule has 0 heterocycles. The standard InChI is InChI=1S/C15H20O3/c1-15(2,3)18-11-13-10-12(6-5-9-16)7-8-14(13)17-4/h7-8,10,16H,9,11H2,1-4H3. The summed E-state index contributed by atoms with van der Waals surface area (Å²) in [7, 11) is 1.63. The molecule has 0 unspecified atom stereocenters. The van der Waals surface area contributed by atoms with Crippen molar-refractivity contribution in [1.82, 2.24) is 0 Å². The normalized spacial score (nSPS) is 10.7. The first-order valence-corrected chi connectivity index (χ1v) is 5.87. The summed E-state index contributed by atoms with van der Waals surface area (Å²) in [5.74, 6) is 6.28. The summed E-state index contributed by atoms with van der Waals surface area (Å²) >= 11 is 0. The van der Waals surface area contributed by atoms with E-state index in [1.54, 1.807) is 7.11 Å². The Hall–Kier alpha value is -1.50. The van der Waals surface area contributed by atoms with E-state index < -0.39 is 0 Å². The molecular weight excluding hydrogens is 228 g/mol. The van der Waals surface area contributed by atoms with E-state index in [1.165, 1.54) is 0 Å². The lowest BCUT2D eigenvalue weighted by atomic mass is 10.1. The number of rotatable bonds is 3. The van der Waals surface area contributed by atoms with Crippen LogP contribution in [0.15, 0.2) is 18.2 Å². The Balaban J connectivity index is 2.92. The van der Waals surface area contributed by atoms with Crippen molar-refractivity contribution >= 4 is 0 Å². The third-order valence-corrected chi connectivity index (χ3v) is 2.25. The third kappa shape index (κ3) is 4.79. The molecule has 0 bridgehead atoms. The van der Waals surface area contributed by atoms with Gasteiger partial charge in [-0.05, 0) is 39.0 Å². The second-order valence-corrected chi connectivity index (χ2v) is 4.89. The van der Waals surface area contributed by atoms with Gasteiger partial charge in [-0.25, -0.2) is 0 Å². The smallest absolute Gasteiger partial charge is 0.124 e. The van der Waals surface area contributed by atoms with Crippen LogP contribution in [0.1, 0.15) is 31.9 Å². The maximum absolute atomic E-state index is 8.68. The fourth-order valence-corrected chi connectivity index (χ4v) is 1.40. The van der Waals surface area contributed by atoms with Crippen LogP contribution in [0, 0.1) is 11.8 Å². The lowest BCUT2D eigenvalue weighted by Crippen LogP contribution is -2.18. The minimum Gasteiger partial charge on any atom is -0.496 e. The van der Waals surface area contributed by atoms with Crippen LogP contribution in [-0.2, 0) is 11.3 Å². The summed E-state index contributed by atoms with van der Waals surface area (Å²) in [5.41, 5.74) is 1.60. The highest BCUT2D eigenvalue weighted by Gasteiger charge is 2.12. The lowest BCUT2D eigenvalue weighted by Gasteiger charge is -2.20. The molecule has 0 amide bonds. The molecule has 1 aromatic carbocycles. The number of hydrogen-bond donors (Lipinski definition) is 1. The molecule has 98 valence electrons. The van der Waals surface area contributed by atoms with Crippen molar-refractivity contribution in [2.45, 2.75) is 33.0 Å². The van der Waals surface area contributed by atoms with E-state index in [1.807, 2.05) is 39.0 Å². The van der Waals surface area contributed by atoms with Crippen LogP contribution in [0.4, 0.5) is 0 Å². The summed E-state index contributed by atoms with van der Waals surface area (Å²) in [6.07, 6.45) is 0. The van der Waals surface area contributed by atoms with Gasteiger partial charge in [0.05, 0.1) is 19.3 Å². The molecule has 0 saturated carbocycles. The zero-order chi connectivity index (χ0) is 13.6. The molecule has 1 N–H and O–H groups in total. The predicted octanol–water partition coefficient (Wildman–Crippen LogP) is 2.35. The van der Waals surface area contributed by atoms with Gasteiger partial charge in [0.15, 0.2) is 0 Å². The molecule has 0 aromatic heterocycles. The summed E-state index contributed by atoms with van der Waals surface area (Å²) in [6.45, 7) is 6.36. The SMILES string of the molecule is COc1ccc(C#CCO)cc1COC(C)(C)C. The average Bonchev–Trinajstić information content (AvgIpc) is 2.33. The summed E-state index contributed by atoms with van der Waals surface area (Å²) in [5, 5.41) is 8.68. The third-order valence-electron chi connectivity index (χ3n) is 2.25. The van der Waals surface area contributed by atoms with Crippen molar-refractivity contribution in [2.24, 2.45) is 0 Å². The van der Waals surface area contributed by atoms with Crippen molar-refractivity contribution in [2.75, 3.05) is 13.7 Å². The van der Waals surface area contributed by atoms with Gasteiger partial charge in [0.2, 0.25) is 0 Å². The molecule has 0 aliphatic heterocycles. The fourth-order valence-electron chi connectivity index (χ4n) is 1.40. The first-order valence-electron chi connectivity index (χ1n) is 5.87. The molecule has 0 spiro atoms.